The van der Waals surface area contributed by atoms with Crippen LogP contribution >= 0.6 is 0 Å². The van der Waals surface area contributed by atoms with Crippen molar-refractivity contribution in [3.05, 3.63) is 103 Å². The van der Waals surface area contributed by atoms with Gasteiger partial charge < -0.3 is 19.7 Å². The van der Waals surface area contributed by atoms with Gasteiger partial charge in [-0.15, -0.1) is 0 Å². The van der Waals surface area contributed by atoms with Crippen LogP contribution in [0.4, 0.5) is 0 Å². The fraction of sp³-hybridized carbons (Fsp3) is 0.250. The van der Waals surface area contributed by atoms with E-state index in [0.717, 1.165) is 41.9 Å². The van der Waals surface area contributed by atoms with Crippen molar-refractivity contribution in [3.63, 3.8) is 0 Å². The third-order valence-corrected chi connectivity index (χ3v) is 7.46. The predicted molar refractivity (Wildman–Crippen MR) is 166 cm³/mol. The molecular formula is C36H36O7. The van der Waals surface area contributed by atoms with Crippen LogP contribution < -0.4 is 9.47 Å². The molecule has 0 saturated heterocycles. The normalized spacial score (nSPS) is 14.7. The summed E-state index contributed by atoms with van der Waals surface area (Å²) in [5, 5.41) is 18.2. The molecule has 7 heteroatoms. The number of esters is 2. The van der Waals surface area contributed by atoms with Crippen LogP contribution in [0.3, 0.4) is 0 Å². The minimum atomic E-state index is -1.25. The molecule has 7 nitrogen and oxygen atoms in total. The first kappa shape index (κ1) is 31.3. The Morgan fingerprint density at radius 2 is 1.37 bits per heavy atom. The van der Waals surface area contributed by atoms with Crippen LogP contribution in [0.1, 0.15) is 44.6 Å². The van der Waals surface area contributed by atoms with Gasteiger partial charge in [0, 0.05) is 6.07 Å². The van der Waals surface area contributed by atoms with Gasteiger partial charge in [-0.3, -0.25) is 4.79 Å². The zero-order valence-electron chi connectivity index (χ0n) is 24.3. The van der Waals surface area contributed by atoms with Crippen molar-refractivity contribution in [2.45, 2.75) is 39.0 Å². The summed E-state index contributed by atoms with van der Waals surface area (Å²) >= 11 is 0. The number of ketones is 1. The van der Waals surface area contributed by atoms with Crippen LogP contribution in [-0.4, -0.2) is 41.1 Å². The molecule has 1 atom stereocenters. The summed E-state index contributed by atoms with van der Waals surface area (Å²) in [7, 11) is 0. The fourth-order valence-electron chi connectivity index (χ4n) is 4.97. The maximum atomic E-state index is 12.2. The maximum absolute atomic E-state index is 12.2. The molecule has 3 aromatic carbocycles. The molecule has 1 aliphatic carbocycles. The Bertz CT molecular complexity index is 1480. The van der Waals surface area contributed by atoms with E-state index in [1.165, 1.54) is 36.1 Å². The molecule has 43 heavy (non-hydrogen) atoms. The van der Waals surface area contributed by atoms with E-state index in [4.69, 9.17) is 14.6 Å². The molecule has 0 saturated carbocycles. The van der Waals surface area contributed by atoms with Crippen LogP contribution in [-0.2, 0) is 14.4 Å². The zero-order chi connectivity index (χ0) is 30.8. The lowest BCUT2D eigenvalue weighted by atomic mass is 9.84. The van der Waals surface area contributed by atoms with E-state index < -0.39 is 30.9 Å². The van der Waals surface area contributed by atoms with Gasteiger partial charge in [-0.2, -0.15) is 0 Å². The highest BCUT2D eigenvalue weighted by Gasteiger charge is 2.18. The molecule has 0 heterocycles. The summed E-state index contributed by atoms with van der Waals surface area (Å²) in [6.07, 6.45) is 12.6. The number of allylic oxidation sites excluding steroid dienone is 4. The summed E-state index contributed by atoms with van der Waals surface area (Å²) in [5.41, 5.74) is 5.88. The van der Waals surface area contributed by atoms with Gasteiger partial charge in [0.2, 0.25) is 0 Å². The maximum Gasteiger partial charge on any atom is 0.382 e. The number of rotatable bonds is 12. The number of hydrogen-bond acceptors (Lipinski definition) is 7. The van der Waals surface area contributed by atoms with E-state index >= 15 is 0 Å². The van der Waals surface area contributed by atoms with Gasteiger partial charge in [0.25, 0.3) is 5.78 Å². The summed E-state index contributed by atoms with van der Waals surface area (Å²) < 4.78 is 10.4. The lowest BCUT2D eigenvalue weighted by molar-refractivity contribution is -0.148. The molecule has 0 fully saturated rings. The average Bonchev–Trinajstić information content (AvgIpc) is 3.04. The number of hydrogen-bond donors (Lipinski definition) is 2. The Balaban J connectivity index is 1.51. The first-order valence-electron chi connectivity index (χ1n) is 14.3. The van der Waals surface area contributed by atoms with Crippen molar-refractivity contribution in [2.75, 3.05) is 13.2 Å². The second kappa shape index (κ2) is 15.0. The molecule has 1 aliphatic rings. The third-order valence-electron chi connectivity index (χ3n) is 7.46. The average molecular weight is 581 g/mol. The molecule has 0 amide bonds. The molecular weight excluding hydrogens is 544 g/mol. The van der Waals surface area contributed by atoms with Crippen LogP contribution in [0.15, 0.2) is 97.1 Å². The molecule has 3 aromatic rings. The predicted octanol–water partition coefficient (Wildman–Crippen LogP) is 6.48. The summed E-state index contributed by atoms with van der Waals surface area (Å²) in [6.45, 7) is 3.95. The van der Waals surface area contributed by atoms with Crippen LogP contribution in [0.2, 0.25) is 0 Å². The second-order valence-electron chi connectivity index (χ2n) is 10.5. The van der Waals surface area contributed by atoms with Gasteiger partial charge in [0.05, 0.1) is 12.2 Å². The third kappa shape index (κ3) is 8.47. The number of aliphatic hydroxyl groups excluding tert-OH is 2. The zero-order valence-corrected chi connectivity index (χ0v) is 24.3. The number of benzene rings is 3. The number of carbonyl (C=O) groups excluding carboxylic acids is 3. The van der Waals surface area contributed by atoms with Crippen molar-refractivity contribution in [2.24, 2.45) is 5.92 Å². The highest BCUT2D eigenvalue weighted by atomic mass is 16.5. The van der Waals surface area contributed by atoms with Gasteiger partial charge >= 0.3 is 11.9 Å². The SMILES string of the molecule is C=C(CO)C(=O)Oc1cc(OC(=O)C(=O)CO)cc(-c2ccc(-c3ccc(C4=CCC(CC/C=C/C)CC4)cc3)cc2)c1. The van der Waals surface area contributed by atoms with Crippen molar-refractivity contribution >= 4 is 23.3 Å². The van der Waals surface area contributed by atoms with Crippen LogP contribution in [0.5, 0.6) is 11.5 Å². The number of carbonyl (C=O) groups is 3. The van der Waals surface area contributed by atoms with E-state index in [9.17, 15) is 19.5 Å². The smallest absolute Gasteiger partial charge is 0.382 e. The first-order valence-corrected chi connectivity index (χ1v) is 14.3. The van der Waals surface area contributed by atoms with Crippen LogP contribution in [0, 0.1) is 5.92 Å². The Kier molecular flexibility index (Phi) is 11.0. The Morgan fingerprint density at radius 1 is 0.814 bits per heavy atom. The quantitative estimate of drug-likeness (QED) is 0.0829. The van der Waals surface area contributed by atoms with E-state index in [2.05, 4.69) is 56.0 Å². The highest BCUT2D eigenvalue weighted by Crippen LogP contribution is 2.35. The molecule has 0 aromatic heterocycles. The van der Waals surface area contributed by atoms with E-state index in [1.807, 2.05) is 24.3 Å². The van der Waals surface area contributed by atoms with E-state index in [0.29, 0.717) is 5.56 Å². The monoisotopic (exact) mass is 580 g/mol. The molecule has 1 unspecified atom stereocenters. The van der Waals surface area contributed by atoms with Crippen molar-refractivity contribution in [1.82, 2.24) is 0 Å². The van der Waals surface area contributed by atoms with Gasteiger partial charge in [-0.05, 0) is 90.5 Å². The van der Waals surface area contributed by atoms with Crippen LogP contribution in [0.25, 0.3) is 27.8 Å². The molecule has 0 bridgehead atoms. The summed E-state index contributed by atoms with van der Waals surface area (Å²) in [6, 6.07) is 20.6. The molecule has 0 aliphatic heterocycles. The standard InChI is InChI=1S/C36H36O7/c1-3-4-5-6-25-7-9-26(10-8-25)27-11-13-28(14-12-27)29-15-17-30(18-16-29)31-19-32(42-35(40)24(2)22-37)21-33(20-31)43-36(41)34(39)23-38/h3-4,9,11-21,25,37-38H,2,5-8,10,22-23H2,1H3/b4-3+. The van der Waals surface area contributed by atoms with Crippen molar-refractivity contribution in [3.8, 4) is 33.8 Å². The van der Waals surface area contributed by atoms with Gasteiger partial charge in [-0.25, -0.2) is 9.59 Å². The van der Waals surface area contributed by atoms with Gasteiger partial charge in [-0.1, -0.05) is 73.3 Å². The van der Waals surface area contributed by atoms with Gasteiger partial charge in [0.15, 0.2) is 0 Å². The lowest BCUT2D eigenvalue weighted by Crippen LogP contribution is -2.23. The Morgan fingerprint density at radius 3 is 1.88 bits per heavy atom. The Hall–Kier alpha value is -4.59. The number of ether oxygens (including phenoxy) is 2. The Labute approximate surface area is 251 Å². The molecule has 2 N–H and O–H groups in total. The highest BCUT2D eigenvalue weighted by molar-refractivity contribution is 6.34. The molecule has 222 valence electrons. The summed E-state index contributed by atoms with van der Waals surface area (Å²) in [5.74, 6) is -2.48. The van der Waals surface area contributed by atoms with E-state index in [-0.39, 0.29) is 17.1 Å². The number of aliphatic hydroxyl groups is 2. The van der Waals surface area contributed by atoms with E-state index in [1.54, 1.807) is 6.07 Å². The largest absolute Gasteiger partial charge is 0.423 e. The van der Waals surface area contributed by atoms with Gasteiger partial charge in [0.1, 0.15) is 18.1 Å². The number of Topliss-reactive ketones (excluding diaryl/α,β-unsaturated/α-hetero) is 1. The molecule has 0 spiro atoms. The van der Waals surface area contributed by atoms with Crippen molar-refractivity contribution < 1.29 is 34.1 Å². The summed E-state index contributed by atoms with van der Waals surface area (Å²) in [4.78, 5) is 35.7. The topological polar surface area (TPSA) is 110 Å². The van der Waals surface area contributed by atoms with Crippen molar-refractivity contribution in [1.29, 1.82) is 0 Å². The molecule has 4 rings (SSSR count). The minimum absolute atomic E-state index is 0.0251. The first-order chi connectivity index (χ1) is 20.8. The molecule has 0 radical (unpaired) electrons. The fourth-order valence-corrected chi connectivity index (χ4v) is 4.97. The minimum Gasteiger partial charge on any atom is -0.423 e. The second-order valence-corrected chi connectivity index (χ2v) is 10.5. The lowest BCUT2D eigenvalue weighted by Gasteiger charge is -2.22.